The van der Waals surface area contributed by atoms with Crippen molar-refractivity contribution in [2.75, 3.05) is 26.2 Å². The second-order valence-electron chi connectivity index (χ2n) is 4.22. The van der Waals surface area contributed by atoms with E-state index in [0.717, 1.165) is 36.2 Å². The smallest absolute Gasteiger partial charge is 0.121 e. The SMILES string of the molecule is CCN(CC)CCNC(C#N)c1ccc(Br)c(Cl)c1. The van der Waals surface area contributed by atoms with Gasteiger partial charge in [0.1, 0.15) is 6.04 Å². The third-order valence-electron chi connectivity index (χ3n) is 3.08. The van der Waals surface area contributed by atoms with Crippen molar-refractivity contribution in [3.8, 4) is 6.07 Å². The Kier molecular flexibility index (Phi) is 7.40. The Hall–Kier alpha value is -0.600. The molecule has 0 aromatic heterocycles. The molecule has 0 fully saturated rings. The van der Waals surface area contributed by atoms with Crippen LogP contribution in [-0.4, -0.2) is 31.1 Å². The Balaban J connectivity index is 2.59. The van der Waals surface area contributed by atoms with Crippen LogP contribution in [0.15, 0.2) is 22.7 Å². The number of nitrogens with zero attached hydrogens (tertiary/aromatic N) is 2. The quantitative estimate of drug-likeness (QED) is 0.821. The first kappa shape index (κ1) is 16.5. The number of nitrogens with one attached hydrogen (secondary N) is 1. The normalized spacial score (nSPS) is 12.4. The van der Waals surface area contributed by atoms with Crippen LogP contribution in [0.25, 0.3) is 0 Å². The zero-order chi connectivity index (χ0) is 14.3. The van der Waals surface area contributed by atoms with Crippen LogP contribution in [0.4, 0.5) is 0 Å². The second-order valence-corrected chi connectivity index (χ2v) is 5.48. The lowest BCUT2D eigenvalue weighted by Gasteiger charge is -2.19. The lowest BCUT2D eigenvalue weighted by atomic mass is 10.1. The molecular formula is C14H19BrClN3. The van der Waals surface area contributed by atoms with Gasteiger partial charge in [0.15, 0.2) is 0 Å². The van der Waals surface area contributed by atoms with Crippen molar-refractivity contribution in [3.05, 3.63) is 33.3 Å². The molecule has 1 atom stereocenters. The predicted octanol–water partition coefficient (Wildman–Crippen LogP) is 3.60. The fraction of sp³-hybridized carbons (Fsp3) is 0.500. The first-order valence-electron chi connectivity index (χ1n) is 6.42. The summed E-state index contributed by atoms with van der Waals surface area (Å²) in [5.41, 5.74) is 0.898. The molecule has 0 aliphatic heterocycles. The van der Waals surface area contributed by atoms with Crippen molar-refractivity contribution in [3.63, 3.8) is 0 Å². The van der Waals surface area contributed by atoms with E-state index in [2.05, 4.69) is 46.1 Å². The van der Waals surface area contributed by atoms with E-state index >= 15 is 0 Å². The number of benzene rings is 1. The van der Waals surface area contributed by atoms with Crippen LogP contribution in [0.3, 0.4) is 0 Å². The maximum Gasteiger partial charge on any atom is 0.121 e. The van der Waals surface area contributed by atoms with Gasteiger partial charge in [0.2, 0.25) is 0 Å². The van der Waals surface area contributed by atoms with Gasteiger partial charge in [0.25, 0.3) is 0 Å². The molecule has 0 aliphatic carbocycles. The van der Waals surface area contributed by atoms with Crippen LogP contribution in [0.2, 0.25) is 5.02 Å². The molecule has 0 radical (unpaired) electrons. The molecule has 5 heteroatoms. The lowest BCUT2D eigenvalue weighted by Crippen LogP contribution is -2.33. The molecule has 0 heterocycles. The van der Waals surface area contributed by atoms with Crippen LogP contribution >= 0.6 is 27.5 Å². The number of likely N-dealkylation sites (N-methyl/N-ethyl adjacent to an activating group) is 1. The Labute approximate surface area is 128 Å². The van der Waals surface area contributed by atoms with Gasteiger partial charge >= 0.3 is 0 Å². The monoisotopic (exact) mass is 343 g/mol. The van der Waals surface area contributed by atoms with Crippen LogP contribution in [0.5, 0.6) is 0 Å². The summed E-state index contributed by atoms with van der Waals surface area (Å²) in [6.07, 6.45) is 0. The Morgan fingerprint density at radius 3 is 2.63 bits per heavy atom. The third kappa shape index (κ3) is 5.12. The summed E-state index contributed by atoms with van der Waals surface area (Å²) in [5, 5.41) is 13.1. The average Bonchev–Trinajstić information content (AvgIpc) is 2.42. The van der Waals surface area contributed by atoms with Crippen LogP contribution in [0, 0.1) is 11.3 Å². The second kappa shape index (κ2) is 8.55. The van der Waals surface area contributed by atoms with E-state index in [1.54, 1.807) is 0 Å². The molecule has 0 spiro atoms. The molecule has 0 saturated carbocycles. The van der Waals surface area contributed by atoms with Crippen molar-refractivity contribution in [2.45, 2.75) is 19.9 Å². The van der Waals surface area contributed by atoms with Crippen molar-refractivity contribution in [2.24, 2.45) is 0 Å². The molecule has 0 aliphatic rings. The highest BCUT2D eigenvalue weighted by molar-refractivity contribution is 9.10. The molecule has 1 aromatic rings. The topological polar surface area (TPSA) is 39.1 Å². The van der Waals surface area contributed by atoms with E-state index in [1.807, 2.05) is 18.2 Å². The summed E-state index contributed by atoms with van der Waals surface area (Å²) >= 11 is 9.40. The lowest BCUT2D eigenvalue weighted by molar-refractivity contribution is 0.300. The van der Waals surface area contributed by atoms with Gasteiger partial charge in [-0.1, -0.05) is 31.5 Å². The summed E-state index contributed by atoms with van der Waals surface area (Å²) in [6.45, 7) is 8.06. The summed E-state index contributed by atoms with van der Waals surface area (Å²) in [7, 11) is 0. The van der Waals surface area contributed by atoms with Crippen LogP contribution in [0.1, 0.15) is 25.5 Å². The Bertz CT molecular complexity index is 441. The minimum atomic E-state index is -0.318. The van der Waals surface area contributed by atoms with E-state index in [0.29, 0.717) is 5.02 Å². The average molecular weight is 345 g/mol. The number of hydrogen-bond donors (Lipinski definition) is 1. The van der Waals surface area contributed by atoms with Gasteiger partial charge in [-0.2, -0.15) is 5.26 Å². The number of hydrogen-bond acceptors (Lipinski definition) is 3. The summed E-state index contributed by atoms with van der Waals surface area (Å²) in [4.78, 5) is 2.32. The molecule has 1 aromatic carbocycles. The maximum absolute atomic E-state index is 9.24. The molecule has 0 amide bonds. The van der Waals surface area contributed by atoms with Gasteiger partial charge in [-0.05, 0) is 46.7 Å². The van der Waals surface area contributed by atoms with Gasteiger partial charge in [-0.25, -0.2) is 0 Å². The van der Waals surface area contributed by atoms with Crippen LogP contribution < -0.4 is 5.32 Å². The molecule has 19 heavy (non-hydrogen) atoms. The van der Waals surface area contributed by atoms with Crippen molar-refractivity contribution in [1.82, 2.24) is 10.2 Å². The van der Waals surface area contributed by atoms with Gasteiger partial charge in [-0.3, -0.25) is 5.32 Å². The van der Waals surface area contributed by atoms with E-state index in [1.165, 1.54) is 0 Å². The first-order chi connectivity index (χ1) is 9.12. The number of nitriles is 1. The van der Waals surface area contributed by atoms with Gasteiger partial charge in [-0.15, -0.1) is 0 Å². The highest BCUT2D eigenvalue weighted by Crippen LogP contribution is 2.25. The van der Waals surface area contributed by atoms with E-state index < -0.39 is 0 Å². The summed E-state index contributed by atoms with van der Waals surface area (Å²) < 4.78 is 0.845. The summed E-state index contributed by atoms with van der Waals surface area (Å²) in [6, 6.07) is 7.56. The van der Waals surface area contributed by atoms with Crippen LogP contribution in [-0.2, 0) is 0 Å². The van der Waals surface area contributed by atoms with E-state index in [4.69, 9.17) is 11.6 Å². The molecule has 3 nitrogen and oxygen atoms in total. The Morgan fingerprint density at radius 2 is 2.11 bits per heavy atom. The number of halogens is 2. The first-order valence-corrected chi connectivity index (χ1v) is 7.59. The minimum absolute atomic E-state index is 0.318. The van der Waals surface area contributed by atoms with Gasteiger partial charge < -0.3 is 4.90 Å². The van der Waals surface area contributed by atoms with Crippen molar-refractivity contribution < 1.29 is 0 Å². The zero-order valence-corrected chi connectivity index (χ0v) is 13.6. The highest BCUT2D eigenvalue weighted by Gasteiger charge is 2.11. The van der Waals surface area contributed by atoms with E-state index in [9.17, 15) is 5.26 Å². The van der Waals surface area contributed by atoms with E-state index in [-0.39, 0.29) is 6.04 Å². The molecule has 0 saturated heterocycles. The molecule has 1 unspecified atom stereocenters. The zero-order valence-electron chi connectivity index (χ0n) is 11.3. The fourth-order valence-electron chi connectivity index (χ4n) is 1.84. The number of rotatable bonds is 7. The molecule has 0 bridgehead atoms. The maximum atomic E-state index is 9.24. The van der Waals surface area contributed by atoms with Gasteiger partial charge in [0.05, 0.1) is 11.1 Å². The fourth-order valence-corrected chi connectivity index (χ4v) is 2.27. The summed E-state index contributed by atoms with van der Waals surface area (Å²) in [5.74, 6) is 0. The highest BCUT2D eigenvalue weighted by atomic mass is 79.9. The van der Waals surface area contributed by atoms with Crippen molar-refractivity contribution in [1.29, 1.82) is 5.26 Å². The molecular weight excluding hydrogens is 326 g/mol. The largest absolute Gasteiger partial charge is 0.303 e. The third-order valence-corrected chi connectivity index (χ3v) is 4.31. The Morgan fingerprint density at radius 1 is 1.42 bits per heavy atom. The molecule has 1 rings (SSSR count). The van der Waals surface area contributed by atoms with Crippen molar-refractivity contribution >= 4 is 27.5 Å². The van der Waals surface area contributed by atoms with Gasteiger partial charge in [0, 0.05) is 17.6 Å². The molecule has 104 valence electrons. The standard InChI is InChI=1S/C14H19BrClN3/c1-3-19(4-2)8-7-18-14(10-17)11-5-6-12(15)13(16)9-11/h5-6,9,14,18H,3-4,7-8H2,1-2H3. The molecule has 1 N–H and O–H groups in total. The predicted molar refractivity (Wildman–Crippen MR) is 83.3 cm³/mol. The minimum Gasteiger partial charge on any atom is -0.303 e.